The van der Waals surface area contributed by atoms with Crippen molar-refractivity contribution in [3.05, 3.63) is 96.1 Å². The first kappa shape index (κ1) is 18.8. The molecule has 2 unspecified atom stereocenters. The number of halogens is 1. The third-order valence-corrected chi connectivity index (χ3v) is 5.07. The number of carbonyl (C=O) groups is 2. The Morgan fingerprint density at radius 1 is 0.815 bits per heavy atom. The molecule has 0 aliphatic rings. The summed E-state index contributed by atoms with van der Waals surface area (Å²) in [5.74, 6) is -2.20. The number of benzene rings is 3. The Labute approximate surface area is 162 Å². The Hall–Kier alpha value is -2.95. The number of ketones is 1. The van der Waals surface area contributed by atoms with Gasteiger partial charge < -0.3 is 10.8 Å². The van der Waals surface area contributed by atoms with Gasteiger partial charge >= 0.3 is 5.97 Å². The zero-order valence-corrected chi connectivity index (χ0v) is 15.1. The number of nitrogens with two attached hydrogens (primary N) is 1. The maximum Gasteiger partial charge on any atom is 0.333 e. The Bertz CT molecular complexity index is 942. The molecule has 0 saturated heterocycles. The highest BCUT2D eigenvalue weighted by Crippen LogP contribution is 2.35. The minimum Gasteiger partial charge on any atom is -0.479 e. The number of Topliss-reactive ketones (excluding diaryl/α,β-unsaturated/α-hetero) is 1. The van der Waals surface area contributed by atoms with Gasteiger partial charge in [-0.3, -0.25) is 4.79 Å². The molecule has 3 aromatic rings. The highest BCUT2D eigenvalue weighted by atomic mass is 35.5. The van der Waals surface area contributed by atoms with Gasteiger partial charge in [0.2, 0.25) is 0 Å². The molecular formula is C22H18ClNO3. The number of aliphatic carboxylic acids is 1. The van der Waals surface area contributed by atoms with Crippen LogP contribution in [0.5, 0.6) is 0 Å². The van der Waals surface area contributed by atoms with Gasteiger partial charge in [0, 0.05) is 5.56 Å². The molecule has 136 valence electrons. The van der Waals surface area contributed by atoms with E-state index in [1.54, 1.807) is 30.3 Å². The number of rotatable bonds is 6. The first-order chi connectivity index (χ1) is 12.9. The van der Waals surface area contributed by atoms with Crippen molar-refractivity contribution in [2.24, 2.45) is 5.73 Å². The summed E-state index contributed by atoms with van der Waals surface area (Å²) in [6, 6.07) is 24.9. The lowest BCUT2D eigenvalue weighted by atomic mass is 9.83. The molecular weight excluding hydrogens is 362 g/mol. The van der Waals surface area contributed by atoms with Crippen LogP contribution in [0, 0.1) is 0 Å². The van der Waals surface area contributed by atoms with Crippen LogP contribution in [0.3, 0.4) is 0 Å². The van der Waals surface area contributed by atoms with E-state index < -0.39 is 22.7 Å². The van der Waals surface area contributed by atoms with Crippen molar-refractivity contribution >= 4 is 23.4 Å². The Balaban J connectivity index is 1.94. The Morgan fingerprint density at radius 3 is 1.81 bits per heavy atom. The fourth-order valence-electron chi connectivity index (χ4n) is 2.89. The predicted molar refractivity (Wildman–Crippen MR) is 106 cm³/mol. The molecule has 27 heavy (non-hydrogen) atoms. The summed E-state index contributed by atoms with van der Waals surface area (Å²) in [6.45, 7) is 0. The quantitative estimate of drug-likeness (QED) is 0.380. The van der Waals surface area contributed by atoms with Crippen LogP contribution in [0.4, 0.5) is 0 Å². The van der Waals surface area contributed by atoms with Crippen LogP contribution in [-0.4, -0.2) is 22.4 Å². The van der Waals surface area contributed by atoms with E-state index in [1.165, 1.54) is 12.1 Å². The van der Waals surface area contributed by atoms with E-state index >= 15 is 0 Å². The summed E-state index contributed by atoms with van der Waals surface area (Å²) < 4.78 is 0. The molecule has 0 fully saturated rings. The molecule has 5 heteroatoms. The van der Waals surface area contributed by atoms with Crippen molar-refractivity contribution in [3.63, 3.8) is 0 Å². The van der Waals surface area contributed by atoms with Gasteiger partial charge in [-0.25, -0.2) is 4.79 Å². The van der Waals surface area contributed by atoms with E-state index in [0.717, 1.165) is 11.1 Å². The van der Waals surface area contributed by atoms with E-state index in [2.05, 4.69) is 0 Å². The van der Waals surface area contributed by atoms with E-state index in [9.17, 15) is 14.7 Å². The molecule has 0 amide bonds. The van der Waals surface area contributed by atoms with Crippen molar-refractivity contribution in [2.75, 3.05) is 0 Å². The summed E-state index contributed by atoms with van der Waals surface area (Å²) >= 11 is 6.42. The van der Waals surface area contributed by atoms with Crippen LogP contribution in [0.2, 0.25) is 0 Å². The van der Waals surface area contributed by atoms with Crippen LogP contribution in [0.25, 0.3) is 11.1 Å². The van der Waals surface area contributed by atoms with E-state index in [-0.39, 0.29) is 5.56 Å². The van der Waals surface area contributed by atoms with Gasteiger partial charge in [-0.05, 0) is 16.7 Å². The molecule has 0 spiro atoms. The number of hydrogen-bond acceptors (Lipinski definition) is 3. The van der Waals surface area contributed by atoms with Gasteiger partial charge in [0.05, 0.1) is 5.38 Å². The van der Waals surface area contributed by atoms with Gasteiger partial charge in [0.15, 0.2) is 11.3 Å². The normalized spacial score (nSPS) is 14.1. The van der Waals surface area contributed by atoms with Crippen LogP contribution >= 0.6 is 11.6 Å². The van der Waals surface area contributed by atoms with Crippen LogP contribution in [0.1, 0.15) is 21.3 Å². The zero-order valence-electron chi connectivity index (χ0n) is 14.4. The van der Waals surface area contributed by atoms with Crippen LogP contribution < -0.4 is 5.73 Å². The van der Waals surface area contributed by atoms with Crippen molar-refractivity contribution in [2.45, 2.75) is 10.9 Å². The van der Waals surface area contributed by atoms with Crippen molar-refractivity contribution in [1.29, 1.82) is 0 Å². The summed E-state index contributed by atoms with van der Waals surface area (Å²) in [6.07, 6.45) is 0. The smallest absolute Gasteiger partial charge is 0.333 e. The summed E-state index contributed by atoms with van der Waals surface area (Å²) in [7, 11) is 0. The molecule has 3 N–H and O–H groups in total. The minimum absolute atomic E-state index is 0.203. The van der Waals surface area contributed by atoms with Gasteiger partial charge in [0.1, 0.15) is 0 Å². The maximum atomic E-state index is 12.8. The molecule has 3 rings (SSSR count). The highest BCUT2D eigenvalue weighted by molar-refractivity contribution is 6.30. The number of hydrogen-bond donors (Lipinski definition) is 2. The first-order valence-corrected chi connectivity index (χ1v) is 8.80. The SMILES string of the molecule is NC(C(=O)O)(C(=O)c1ccccc1)C(Cl)c1ccc(-c2ccccc2)cc1. The monoisotopic (exact) mass is 379 g/mol. The highest BCUT2D eigenvalue weighted by Gasteiger charge is 2.49. The fourth-order valence-corrected chi connectivity index (χ4v) is 3.22. The van der Waals surface area contributed by atoms with Gasteiger partial charge in [-0.15, -0.1) is 11.6 Å². The molecule has 0 aromatic heterocycles. The minimum atomic E-state index is -2.28. The third kappa shape index (κ3) is 3.63. The number of carboxylic acids is 1. The van der Waals surface area contributed by atoms with Gasteiger partial charge in [0.25, 0.3) is 0 Å². The Morgan fingerprint density at radius 2 is 1.30 bits per heavy atom. The van der Waals surface area contributed by atoms with Gasteiger partial charge in [-0.2, -0.15) is 0 Å². The third-order valence-electron chi connectivity index (χ3n) is 4.48. The average molecular weight is 380 g/mol. The predicted octanol–water partition coefficient (Wildman–Crippen LogP) is 4.30. The molecule has 0 bridgehead atoms. The number of carbonyl (C=O) groups excluding carboxylic acids is 1. The van der Waals surface area contributed by atoms with E-state index in [1.807, 2.05) is 42.5 Å². The molecule has 0 radical (unpaired) electrons. The maximum absolute atomic E-state index is 12.8. The van der Waals surface area contributed by atoms with Crippen LogP contribution in [-0.2, 0) is 4.79 Å². The standard InChI is InChI=1S/C22H18ClNO3/c23-19(17-13-11-16(12-14-17)15-7-3-1-4-8-15)22(24,21(26)27)20(25)18-9-5-2-6-10-18/h1-14,19H,24H2,(H,26,27). The topological polar surface area (TPSA) is 80.4 Å². The van der Waals surface area contributed by atoms with E-state index in [0.29, 0.717) is 5.56 Å². The summed E-state index contributed by atoms with van der Waals surface area (Å²) in [4.78, 5) is 24.7. The van der Waals surface area contributed by atoms with Crippen LogP contribution in [0.15, 0.2) is 84.9 Å². The lowest BCUT2D eigenvalue weighted by Gasteiger charge is -2.28. The van der Waals surface area contributed by atoms with Gasteiger partial charge in [-0.1, -0.05) is 84.9 Å². The lowest BCUT2D eigenvalue weighted by Crippen LogP contribution is -2.57. The lowest BCUT2D eigenvalue weighted by molar-refractivity contribution is -0.141. The second-order valence-corrected chi connectivity index (χ2v) is 6.66. The van der Waals surface area contributed by atoms with Crippen molar-refractivity contribution in [1.82, 2.24) is 0 Å². The second-order valence-electron chi connectivity index (χ2n) is 6.22. The average Bonchev–Trinajstić information content (AvgIpc) is 2.73. The Kier molecular flexibility index (Phi) is 5.40. The molecule has 0 aliphatic heterocycles. The number of alkyl halides is 1. The first-order valence-electron chi connectivity index (χ1n) is 8.36. The largest absolute Gasteiger partial charge is 0.479 e. The number of carboxylic acid groups (broad SMARTS) is 1. The molecule has 2 atom stereocenters. The molecule has 0 heterocycles. The molecule has 4 nitrogen and oxygen atoms in total. The second kappa shape index (κ2) is 7.74. The molecule has 3 aromatic carbocycles. The summed E-state index contributed by atoms with van der Waals surface area (Å²) in [5.41, 5.74) is 6.42. The zero-order chi connectivity index (χ0) is 19.4. The van der Waals surface area contributed by atoms with Crippen molar-refractivity contribution < 1.29 is 14.7 Å². The molecule has 0 aliphatic carbocycles. The summed E-state index contributed by atoms with van der Waals surface area (Å²) in [5, 5.41) is 8.47. The molecule has 0 saturated carbocycles. The van der Waals surface area contributed by atoms with E-state index in [4.69, 9.17) is 17.3 Å². The fraction of sp³-hybridized carbons (Fsp3) is 0.0909. The van der Waals surface area contributed by atoms with Crippen molar-refractivity contribution in [3.8, 4) is 11.1 Å².